The fourth-order valence-corrected chi connectivity index (χ4v) is 5.47. The highest BCUT2D eigenvalue weighted by Gasteiger charge is 2.37. The van der Waals surface area contributed by atoms with Crippen LogP contribution < -0.4 is 15.5 Å². The topological polar surface area (TPSA) is 166 Å². The van der Waals surface area contributed by atoms with E-state index >= 15 is 0 Å². The van der Waals surface area contributed by atoms with Gasteiger partial charge in [0, 0.05) is 49.4 Å². The molecule has 3 aromatic heterocycles. The number of aliphatic carboxylic acids is 1. The SMILES string of the molecule is CCNC(=O)Nc1nc2cc(-c3cnc(C(C)O)nc3)cc(-c3nccc(N4CCC(C)(C(=O)O)CC4)n3)c2s1. The fraction of sp³-hybridized carbons (Fsp3) is 0.370. The molecule has 1 fully saturated rings. The third kappa shape index (κ3) is 5.56. The number of carbonyl (C=O) groups excluding carboxylic acids is 1. The fourth-order valence-electron chi connectivity index (χ4n) is 4.52. The number of carboxylic acids is 1. The van der Waals surface area contributed by atoms with Gasteiger partial charge < -0.3 is 20.4 Å². The van der Waals surface area contributed by atoms with E-state index in [0.29, 0.717) is 60.6 Å². The summed E-state index contributed by atoms with van der Waals surface area (Å²) < 4.78 is 0.798. The zero-order valence-electron chi connectivity index (χ0n) is 22.4. The number of fused-ring (bicyclic) bond motifs is 1. The molecule has 1 saturated heterocycles. The van der Waals surface area contributed by atoms with Crippen LogP contribution >= 0.6 is 11.3 Å². The molecule has 13 heteroatoms. The molecule has 0 bridgehead atoms. The molecule has 12 nitrogen and oxygen atoms in total. The van der Waals surface area contributed by atoms with E-state index in [1.54, 1.807) is 32.4 Å². The molecule has 1 unspecified atom stereocenters. The average Bonchev–Trinajstić information content (AvgIpc) is 3.35. The molecule has 1 aliphatic heterocycles. The lowest BCUT2D eigenvalue weighted by atomic mass is 9.80. The molecule has 40 heavy (non-hydrogen) atoms. The first-order valence-corrected chi connectivity index (χ1v) is 13.8. The normalized spacial score (nSPS) is 15.6. The molecule has 0 radical (unpaired) electrons. The Labute approximate surface area is 234 Å². The van der Waals surface area contributed by atoms with Crippen LogP contribution in [0.15, 0.2) is 36.8 Å². The maximum atomic E-state index is 12.2. The van der Waals surface area contributed by atoms with Gasteiger partial charge in [-0.25, -0.2) is 29.7 Å². The monoisotopic (exact) mass is 562 g/mol. The first-order valence-electron chi connectivity index (χ1n) is 13.0. The number of carbonyl (C=O) groups is 2. The van der Waals surface area contributed by atoms with E-state index in [2.05, 4.69) is 35.5 Å². The number of hydrogen-bond donors (Lipinski definition) is 4. The molecule has 208 valence electrons. The van der Waals surface area contributed by atoms with Crippen LogP contribution in [-0.4, -0.2) is 66.8 Å². The molecule has 1 aliphatic rings. The third-order valence-corrected chi connectivity index (χ3v) is 8.04. The van der Waals surface area contributed by atoms with Crippen molar-refractivity contribution in [3.05, 3.63) is 42.6 Å². The van der Waals surface area contributed by atoms with Gasteiger partial charge in [0.05, 0.1) is 15.6 Å². The molecule has 2 amide bonds. The number of benzene rings is 1. The zero-order valence-corrected chi connectivity index (χ0v) is 23.2. The van der Waals surface area contributed by atoms with Crippen LogP contribution in [-0.2, 0) is 4.79 Å². The molecule has 0 spiro atoms. The molecule has 1 atom stereocenters. The van der Waals surface area contributed by atoms with Gasteiger partial charge in [0.25, 0.3) is 0 Å². The molecule has 4 aromatic rings. The summed E-state index contributed by atoms with van der Waals surface area (Å²) in [5, 5.41) is 25.3. The van der Waals surface area contributed by atoms with Crippen molar-refractivity contribution in [3.63, 3.8) is 0 Å². The Bertz CT molecular complexity index is 1550. The van der Waals surface area contributed by atoms with Gasteiger partial charge in [0.1, 0.15) is 11.9 Å². The Morgan fingerprint density at radius 1 is 1.12 bits per heavy atom. The van der Waals surface area contributed by atoms with Gasteiger partial charge in [0.2, 0.25) is 0 Å². The first kappa shape index (κ1) is 27.3. The van der Waals surface area contributed by atoms with Crippen molar-refractivity contribution in [2.24, 2.45) is 5.41 Å². The Morgan fingerprint density at radius 2 is 1.85 bits per heavy atom. The minimum Gasteiger partial charge on any atom is -0.481 e. The van der Waals surface area contributed by atoms with Gasteiger partial charge >= 0.3 is 12.0 Å². The number of amides is 2. The van der Waals surface area contributed by atoms with Crippen molar-refractivity contribution in [1.82, 2.24) is 30.2 Å². The summed E-state index contributed by atoms with van der Waals surface area (Å²) in [6.45, 7) is 6.85. The van der Waals surface area contributed by atoms with Crippen LogP contribution in [0.4, 0.5) is 15.7 Å². The van der Waals surface area contributed by atoms with Gasteiger partial charge in [0.15, 0.2) is 16.8 Å². The van der Waals surface area contributed by atoms with E-state index in [1.807, 2.05) is 25.1 Å². The van der Waals surface area contributed by atoms with Gasteiger partial charge in [-0.2, -0.15) is 0 Å². The van der Waals surface area contributed by atoms with E-state index < -0.39 is 17.5 Å². The Kier molecular flexibility index (Phi) is 7.59. The molecular weight excluding hydrogens is 532 g/mol. The van der Waals surface area contributed by atoms with Crippen molar-refractivity contribution in [3.8, 4) is 22.5 Å². The number of anilines is 2. The van der Waals surface area contributed by atoms with Crippen LogP contribution in [0, 0.1) is 5.41 Å². The summed E-state index contributed by atoms with van der Waals surface area (Å²) in [4.78, 5) is 48.6. The number of aliphatic hydroxyl groups is 1. The Balaban J connectivity index is 1.55. The van der Waals surface area contributed by atoms with Crippen LogP contribution in [0.1, 0.15) is 45.5 Å². The maximum absolute atomic E-state index is 12.2. The number of nitrogens with zero attached hydrogens (tertiary/aromatic N) is 6. The summed E-state index contributed by atoms with van der Waals surface area (Å²) in [6.07, 6.45) is 5.24. The molecule has 1 aromatic carbocycles. The summed E-state index contributed by atoms with van der Waals surface area (Å²) in [5.41, 5.74) is 2.13. The van der Waals surface area contributed by atoms with E-state index in [4.69, 9.17) is 4.98 Å². The lowest BCUT2D eigenvalue weighted by molar-refractivity contribution is -0.149. The predicted octanol–water partition coefficient (Wildman–Crippen LogP) is 4.10. The number of carboxylic acid groups (broad SMARTS) is 1. The van der Waals surface area contributed by atoms with Gasteiger partial charge in [-0.3, -0.25) is 10.1 Å². The molecule has 5 rings (SSSR count). The highest BCUT2D eigenvalue weighted by molar-refractivity contribution is 7.22. The lowest BCUT2D eigenvalue weighted by Crippen LogP contribution is -2.43. The van der Waals surface area contributed by atoms with Gasteiger partial charge in [-0.15, -0.1) is 0 Å². The van der Waals surface area contributed by atoms with E-state index in [9.17, 15) is 19.8 Å². The quantitative estimate of drug-likeness (QED) is 0.258. The number of urea groups is 1. The smallest absolute Gasteiger partial charge is 0.321 e. The van der Waals surface area contributed by atoms with E-state index in [0.717, 1.165) is 21.4 Å². The standard InChI is InChI=1S/C27H30N8O4S/c1-4-28-25(39)34-26-32-19-12-16(17-13-30-22(15(2)36)31-14-17)11-18(21(19)40-26)23-29-8-5-20(33-23)35-9-6-27(3,7-10-35)24(37)38/h5,8,11-15,36H,4,6-7,9-10H2,1-3H3,(H,37,38)(H2,28,32,34,39). The van der Waals surface area contributed by atoms with Crippen LogP contribution in [0.25, 0.3) is 32.7 Å². The van der Waals surface area contributed by atoms with Crippen LogP contribution in [0.3, 0.4) is 0 Å². The Hall–Kier alpha value is -4.23. The van der Waals surface area contributed by atoms with E-state index in [1.165, 1.54) is 11.3 Å². The van der Waals surface area contributed by atoms with Crippen molar-refractivity contribution >= 4 is 44.5 Å². The summed E-state index contributed by atoms with van der Waals surface area (Å²) >= 11 is 1.32. The second-order valence-corrected chi connectivity index (χ2v) is 11.0. The highest BCUT2D eigenvalue weighted by Crippen LogP contribution is 2.38. The summed E-state index contributed by atoms with van der Waals surface area (Å²) in [6, 6.07) is 5.31. The van der Waals surface area contributed by atoms with Crippen molar-refractivity contribution < 1.29 is 19.8 Å². The number of rotatable bonds is 7. The molecule has 0 saturated carbocycles. The lowest BCUT2D eigenvalue weighted by Gasteiger charge is -2.37. The van der Waals surface area contributed by atoms with Gasteiger partial charge in [-0.05, 0) is 57.4 Å². The maximum Gasteiger partial charge on any atom is 0.321 e. The summed E-state index contributed by atoms with van der Waals surface area (Å²) in [5.74, 6) is 0.738. The highest BCUT2D eigenvalue weighted by atomic mass is 32.1. The number of thiazole rings is 1. The third-order valence-electron chi connectivity index (χ3n) is 7.02. The average molecular weight is 563 g/mol. The molecule has 0 aliphatic carbocycles. The molecule has 4 N–H and O–H groups in total. The van der Waals surface area contributed by atoms with Crippen LogP contribution in [0.2, 0.25) is 0 Å². The first-order chi connectivity index (χ1) is 19.2. The van der Waals surface area contributed by atoms with Crippen LogP contribution in [0.5, 0.6) is 0 Å². The number of aromatic nitrogens is 5. The molecule has 4 heterocycles. The second kappa shape index (κ2) is 11.1. The minimum absolute atomic E-state index is 0.323. The number of aliphatic hydroxyl groups excluding tert-OH is 1. The largest absolute Gasteiger partial charge is 0.481 e. The van der Waals surface area contributed by atoms with E-state index in [-0.39, 0.29) is 6.03 Å². The Morgan fingerprint density at radius 3 is 2.50 bits per heavy atom. The molecular formula is C27H30N8O4S. The van der Waals surface area contributed by atoms with Crippen molar-refractivity contribution in [2.45, 2.75) is 39.7 Å². The minimum atomic E-state index is -0.784. The number of nitrogens with one attached hydrogen (secondary N) is 2. The second-order valence-electron chi connectivity index (χ2n) is 9.97. The number of hydrogen-bond acceptors (Lipinski definition) is 10. The predicted molar refractivity (Wildman–Crippen MR) is 152 cm³/mol. The van der Waals surface area contributed by atoms with Gasteiger partial charge in [-0.1, -0.05) is 11.3 Å². The number of piperidine rings is 1. The summed E-state index contributed by atoms with van der Waals surface area (Å²) in [7, 11) is 0. The van der Waals surface area contributed by atoms with Crippen molar-refractivity contribution in [1.29, 1.82) is 0 Å². The zero-order chi connectivity index (χ0) is 28.4. The van der Waals surface area contributed by atoms with Crippen molar-refractivity contribution in [2.75, 3.05) is 29.9 Å².